The Balaban J connectivity index is 1.84. The van der Waals surface area contributed by atoms with Crippen molar-refractivity contribution < 1.29 is 27.2 Å². The Morgan fingerprint density at radius 1 is 1.27 bits per heavy atom. The van der Waals surface area contributed by atoms with E-state index in [0.717, 1.165) is 11.1 Å². The Morgan fingerprint density at radius 2 is 2.05 bits per heavy atom. The van der Waals surface area contributed by atoms with Crippen molar-refractivity contribution in [2.45, 2.75) is 19.0 Å². The number of anilines is 2. The predicted molar refractivity (Wildman–Crippen MR) is 68.8 cm³/mol. The van der Waals surface area contributed by atoms with E-state index in [2.05, 4.69) is 4.84 Å². The van der Waals surface area contributed by atoms with Gasteiger partial charge in [-0.25, -0.2) is 9.40 Å². The van der Waals surface area contributed by atoms with Gasteiger partial charge in [0.15, 0.2) is 0 Å². The summed E-state index contributed by atoms with van der Waals surface area (Å²) in [6.45, 7) is 0.429. The lowest BCUT2D eigenvalue weighted by Crippen LogP contribution is -2.28. The van der Waals surface area contributed by atoms with Crippen LogP contribution in [0.3, 0.4) is 0 Å². The Labute approximate surface area is 122 Å². The lowest BCUT2D eigenvalue weighted by atomic mass is 10.2. The molecule has 0 spiro atoms. The van der Waals surface area contributed by atoms with Crippen molar-refractivity contribution in [2.75, 3.05) is 16.5 Å². The number of nitrogens with one attached hydrogen (secondary N) is 1. The van der Waals surface area contributed by atoms with Gasteiger partial charge in [0.1, 0.15) is 5.82 Å². The fraction of sp³-hybridized carbons (Fsp3) is 0.308. The minimum atomic E-state index is -4.64. The van der Waals surface area contributed by atoms with E-state index in [1.165, 1.54) is 17.0 Å². The smallest absolute Gasteiger partial charge is 0.382 e. The van der Waals surface area contributed by atoms with Crippen molar-refractivity contribution in [3.05, 3.63) is 36.0 Å². The average Bonchev–Trinajstić information content (AvgIpc) is 3.07. The minimum absolute atomic E-state index is 0.117. The SMILES string of the molecule is O=C1CCCN1c1ccc(N2C=C(C(F)(F)F)ON2)cc1F. The second-order valence-electron chi connectivity index (χ2n) is 4.84. The molecule has 0 atom stereocenters. The third-order valence-corrected chi connectivity index (χ3v) is 3.35. The van der Waals surface area contributed by atoms with Gasteiger partial charge in [-0.1, -0.05) is 5.59 Å². The van der Waals surface area contributed by atoms with Crippen LogP contribution in [0.2, 0.25) is 0 Å². The van der Waals surface area contributed by atoms with Crippen LogP contribution >= 0.6 is 0 Å². The van der Waals surface area contributed by atoms with E-state index >= 15 is 0 Å². The molecule has 1 aromatic rings. The van der Waals surface area contributed by atoms with Crippen LogP contribution in [0.25, 0.3) is 0 Å². The largest absolute Gasteiger partial charge is 0.453 e. The molecule has 1 fully saturated rings. The maximum absolute atomic E-state index is 14.1. The molecule has 2 heterocycles. The summed E-state index contributed by atoms with van der Waals surface area (Å²) in [6, 6.07) is 3.79. The number of hydrogen-bond donors (Lipinski definition) is 1. The highest BCUT2D eigenvalue weighted by molar-refractivity contribution is 5.95. The third kappa shape index (κ3) is 2.59. The third-order valence-electron chi connectivity index (χ3n) is 3.35. The number of hydrazine groups is 1. The standard InChI is InChI=1S/C13H11F4N3O2/c14-9-6-8(20-7-11(22-18-20)13(15,16)17)3-4-10(9)19-5-1-2-12(19)21/h3-4,6-7,18H,1-2,5H2. The molecule has 0 unspecified atom stereocenters. The number of carbonyl (C=O) groups excluding carboxylic acids is 1. The molecule has 5 nitrogen and oxygen atoms in total. The molecule has 22 heavy (non-hydrogen) atoms. The zero-order valence-corrected chi connectivity index (χ0v) is 11.2. The van der Waals surface area contributed by atoms with Crippen molar-refractivity contribution >= 4 is 17.3 Å². The summed E-state index contributed by atoms with van der Waals surface area (Å²) in [6.07, 6.45) is -2.95. The first-order valence-electron chi connectivity index (χ1n) is 6.47. The van der Waals surface area contributed by atoms with Gasteiger partial charge in [-0.15, -0.1) is 0 Å². The molecule has 0 aromatic heterocycles. The molecule has 0 saturated carbocycles. The highest BCUT2D eigenvalue weighted by Crippen LogP contribution is 2.32. The van der Waals surface area contributed by atoms with Crippen molar-refractivity contribution in [3.8, 4) is 0 Å². The summed E-state index contributed by atoms with van der Waals surface area (Å²) in [7, 11) is 0. The van der Waals surface area contributed by atoms with Gasteiger partial charge < -0.3 is 9.74 Å². The second-order valence-corrected chi connectivity index (χ2v) is 4.84. The van der Waals surface area contributed by atoms with Crippen LogP contribution < -0.4 is 15.5 Å². The highest BCUT2D eigenvalue weighted by Gasteiger charge is 2.40. The first-order valence-corrected chi connectivity index (χ1v) is 6.47. The molecule has 118 valence electrons. The molecule has 1 amide bonds. The second kappa shape index (κ2) is 5.16. The zero-order chi connectivity index (χ0) is 15.9. The van der Waals surface area contributed by atoms with Gasteiger partial charge in [0.25, 0.3) is 0 Å². The Bertz CT molecular complexity index is 645. The van der Waals surface area contributed by atoms with Gasteiger partial charge in [0.05, 0.1) is 17.6 Å². The van der Waals surface area contributed by atoms with Crippen LogP contribution in [-0.4, -0.2) is 18.6 Å². The molecule has 0 radical (unpaired) electrons. The van der Waals surface area contributed by atoms with Crippen molar-refractivity contribution in [1.82, 2.24) is 5.59 Å². The van der Waals surface area contributed by atoms with Crippen molar-refractivity contribution in [2.24, 2.45) is 0 Å². The van der Waals surface area contributed by atoms with Crippen LogP contribution in [0.5, 0.6) is 0 Å². The van der Waals surface area contributed by atoms with E-state index in [1.54, 1.807) is 0 Å². The maximum atomic E-state index is 14.1. The number of hydrogen-bond acceptors (Lipinski definition) is 4. The molecule has 1 N–H and O–H groups in total. The summed E-state index contributed by atoms with van der Waals surface area (Å²) in [4.78, 5) is 17.2. The van der Waals surface area contributed by atoms with Gasteiger partial charge >= 0.3 is 6.18 Å². The van der Waals surface area contributed by atoms with Crippen LogP contribution in [0.4, 0.5) is 28.9 Å². The van der Waals surface area contributed by atoms with Crippen LogP contribution in [0.15, 0.2) is 30.2 Å². The number of alkyl halides is 3. The Kier molecular flexibility index (Phi) is 3.44. The van der Waals surface area contributed by atoms with Crippen molar-refractivity contribution in [1.29, 1.82) is 0 Å². The quantitative estimate of drug-likeness (QED) is 0.852. The molecule has 1 saturated heterocycles. The number of carbonyl (C=O) groups is 1. The van der Waals surface area contributed by atoms with E-state index in [4.69, 9.17) is 0 Å². The predicted octanol–water partition coefficient (Wildman–Crippen LogP) is 2.61. The van der Waals surface area contributed by atoms with Gasteiger partial charge in [-0.2, -0.15) is 13.2 Å². The van der Waals surface area contributed by atoms with Crippen molar-refractivity contribution in [3.63, 3.8) is 0 Å². The molecule has 0 aliphatic carbocycles. The average molecular weight is 317 g/mol. The summed E-state index contributed by atoms with van der Waals surface area (Å²) >= 11 is 0. The summed E-state index contributed by atoms with van der Waals surface area (Å²) < 4.78 is 51.5. The number of nitrogens with zero attached hydrogens (tertiary/aromatic N) is 2. The number of amides is 1. The van der Waals surface area contributed by atoms with Gasteiger partial charge in [0.2, 0.25) is 11.7 Å². The van der Waals surface area contributed by atoms with Gasteiger partial charge in [-0.3, -0.25) is 4.79 Å². The topological polar surface area (TPSA) is 44.8 Å². The molecule has 9 heteroatoms. The molecule has 2 aliphatic rings. The lowest BCUT2D eigenvalue weighted by Gasteiger charge is -2.19. The summed E-state index contributed by atoms with van der Waals surface area (Å²) in [5, 5.41) is 0.904. The van der Waals surface area contributed by atoms with Gasteiger partial charge in [-0.05, 0) is 18.6 Å². The van der Waals surface area contributed by atoms with E-state index in [9.17, 15) is 22.4 Å². The van der Waals surface area contributed by atoms with Gasteiger partial charge in [0, 0.05) is 19.0 Å². The first kappa shape index (κ1) is 14.6. The van der Waals surface area contributed by atoms with E-state index in [0.29, 0.717) is 25.6 Å². The Morgan fingerprint density at radius 3 is 2.59 bits per heavy atom. The van der Waals surface area contributed by atoms with E-state index in [1.807, 2.05) is 5.59 Å². The van der Waals surface area contributed by atoms with E-state index < -0.39 is 17.8 Å². The first-order chi connectivity index (χ1) is 10.4. The number of halogens is 4. The monoisotopic (exact) mass is 317 g/mol. The fourth-order valence-electron chi connectivity index (χ4n) is 2.29. The summed E-state index contributed by atoms with van der Waals surface area (Å²) in [5.74, 6) is -2.09. The molecular weight excluding hydrogens is 306 g/mol. The highest BCUT2D eigenvalue weighted by atomic mass is 19.4. The van der Waals surface area contributed by atoms with E-state index in [-0.39, 0.29) is 17.3 Å². The Hall–Kier alpha value is -2.29. The normalized spacial score (nSPS) is 18.7. The van der Waals surface area contributed by atoms with Crippen LogP contribution in [-0.2, 0) is 9.63 Å². The van der Waals surface area contributed by atoms with Crippen LogP contribution in [0, 0.1) is 5.82 Å². The zero-order valence-electron chi connectivity index (χ0n) is 11.2. The minimum Gasteiger partial charge on any atom is -0.382 e. The fourth-order valence-corrected chi connectivity index (χ4v) is 2.29. The molecule has 2 aliphatic heterocycles. The number of allylic oxidation sites excluding steroid dienone is 1. The number of rotatable bonds is 2. The number of benzene rings is 1. The lowest BCUT2D eigenvalue weighted by molar-refractivity contribution is -0.136. The molecule has 3 rings (SSSR count). The maximum Gasteiger partial charge on any atom is 0.453 e. The van der Waals surface area contributed by atoms with Crippen LogP contribution in [0.1, 0.15) is 12.8 Å². The summed E-state index contributed by atoms with van der Waals surface area (Å²) in [5.41, 5.74) is 2.26. The molecule has 0 bridgehead atoms. The molecular formula is C13H11F4N3O2. The molecule has 1 aromatic carbocycles.